The number of fused-ring (bicyclic) bond motifs is 1. The minimum atomic E-state index is -0.0995. The number of hydrogen-bond donors (Lipinski definition) is 1. The van der Waals surface area contributed by atoms with Crippen molar-refractivity contribution in [2.45, 2.75) is 25.0 Å². The van der Waals surface area contributed by atoms with Crippen LogP contribution in [-0.4, -0.2) is 26.4 Å². The first-order chi connectivity index (χ1) is 15.1. The van der Waals surface area contributed by atoms with Crippen LogP contribution in [0.2, 0.25) is 0 Å². The zero-order chi connectivity index (χ0) is 21.8. The van der Waals surface area contributed by atoms with Crippen molar-refractivity contribution in [2.75, 3.05) is 11.1 Å². The maximum atomic E-state index is 12.4. The Balaban J connectivity index is 1.49. The molecular formula is C23H21BrN4O2S. The fourth-order valence-corrected chi connectivity index (χ4v) is 4.27. The molecule has 0 saturated heterocycles. The number of nitrogens with one attached hydrogen (secondary N) is 1. The molecule has 2 aromatic heterocycles. The van der Waals surface area contributed by atoms with E-state index in [1.54, 1.807) is 6.08 Å². The molecule has 8 heteroatoms. The summed E-state index contributed by atoms with van der Waals surface area (Å²) >= 11 is 4.80. The quantitative estimate of drug-likeness (QED) is 0.241. The van der Waals surface area contributed by atoms with Gasteiger partial charge in [-0.25, -0.2) is 0 Å². The highest BCUT2D eigenvalue weighted by Gasteiger charge is 2.18. The number of amides is 1. The van der Waals surface area contributed by atoms with Crippen molar-refractivity contribution in [1.29, 1.82) is 0 Å². The van der Waals surface area contributed by atoms with E-state index in [0.29, 0.717) is 23.3 Å². The van der Waals surface area contributed by atoms with Gasteiger partial charge >= 0.3 is 0 Å². The molecule has 0 atom stereocenters. The molecule has 4 rings (SSSR count). The Morgan fingerprint density at radius 2 is 2.03 bits per heavy atom. The van der Waals surface area contributed by atoms with Crippen molar-refractivity contribution < 1.29 is 9.21 Å². The van der Waals surface area contributed by atoms with E-state index in [1.807, 2.05) is 53.1 Å². The van der Waals surface area contributed by atoms with Gasteiger partial charge in [-0.2, -0.15) is 0 Å². The lowest BCUT2D eigenvalue weighted by Gasteiger charge is -2.07. The van der Waals surface area contributed by atoms with E-state index in [9.17, 15) is 4.79 Å². The molecule has 1 N–H and O–H groups in total. The second-order valence-corrected chi connectivity index (χ2v) is 8.74. The monoisotopic (exact) mass is 496 g/mol. The van der Waals surface area contributed by atoms with Crippen molar-refractivity contribution in [3.63, 3.8) is 0 Å². The molecule has 2 heterocycles. The van der Waals surface area contributed by atoms with Crippen LogP contribution in [0.5, 0.6) is 0 Å². The highest BCUT2D eigenvalue weighted by Crippen LogP contribution is 2.31. The third-order valence-corrected chi connectivity index (χ3v) is 6.17. The molecule has 1 amide bonds. The Hall–Kier alpha value is -2.84. The molecule has 158 valence electrons. The number of aryl methyl sites for hydroxylation is 1. The zero-order valence-corrected chi connectivity index (χ0v) is 19.4. The van der Waals surface area contributed by atoms with E-state index < -0.39 is 0 Å². The normalized spacial score (nSPS) is 11.0. The van der Waals surface area contributed by atoms with Crippen LogP contribution in [0.25, 0.3) is 22.6 Å². The Labute approximate surface area is 192 Å². The Morgan fingerprint density at radius 1 is 1.23 bits per heavy atom. The Kier molecular flexibility index (Phi) is 6.58. The van der Waals surface area contributed by atoms with Gasteiger partial charge in [0.1, 0.15) is 5.58 Å². The van der Waals surface area contributed by atoms with Crippen LogP contribution < -0.4 is 5.32 Å². The summed E-state index contributed by atoms with van der Waals surface area (Å²) in [5.74, 6) is 1.34. The van der Waals surface area contributed by atoms with Gasteiger partial charge < -0.3 is 9.73 Å². The predicted molar refractivity (Wildman–Crippen MR) is 128 cm³/mol. The van der Waals surface area contributed by atoms with Gasteiger partial charge in [0.15, 0.2) is 10.9 Å². The Bertz CT molecular complexity index is 1230. The van der Waals surface area contributed by atoms with E-state index in [4.69, 9.17) is 4.42 Å². The number of hydrogen-bond acceptors (Lipinski definition) is 5. The van der Waals surface area contributed by atoms with E-state index in [0.717, 1.165) is 27.6 Å². The van der Waals surface area contributed by atoms with Gasteiger partial charge in [-0.3, -0.25) is 9.36 Å². The molecule has 6 nitrogen and oxygen atoms in total. The molecular weight excluding hydrogens is 476 g/mol. The summed E-state index contributed by atoms with van der Waals surface area (Å²) in [6, 6.07) is 15.6. The minimum absolute atomic E-state index is 0.0995. The van der Waals surface area contributed by atoms with Crippen LogP contribution in [0.3, 0.4) is 0 Å². The molecule has 0 radical (unpaired) electrons. The standard InChI is InChI=1S/C23H21BrN4O2S/c1-3-11-28-22(20-13-16-12-17(24)7-10-19(16)30-20)26-27-23(28)31-14-21(29)25-18-8-5-15(4-2)6-9-18/h3,5-10,12-13H,1,4,11,14H2,2H3,(H,25,29). The fraction of sp³-hybridized carbons (Fsp3) is 0.174. The third-order valence-electron chi connectivity index (χ3n) is 4.71. The van der Waals surface area contributed by atoms with E-state index in [1.165, 1.54) is 17.3 Å². The number of thioether (sulfide) groups is 1. The van der Waals surface area contributed by atoms with Crippen molar-refractivity contribution >= 4 is 50.3 Å². The predicted octanol–water partition coefficient (Wildman–Crippen LogP) is 5.93. The molecule has 31 heavy (non-hydrogen) atoms. The number of benzene rings is 2. The van der Waals surface area contributed by atoms with Crippen LogP contribution in [0.15, 0.2) is 75.2 Å². The number of nitrogens with zero attached hydrogens (tertiary/aromatic N) is 3. The largest absolute Gasteiger partial charge is 0.453 e. The third kappa shape index (κ3) is 4.91. The first kappa shape index (κ1) is 21.4. The fourth-order valence-electron chi connectivity index (χ4n) is 3.15. The lowest BCUT2D eigenvalue weighted by Crippen LogP contribution is -2.14. The topological polar surface area (TPSA) is 73.0 Å². The number of carbonyl (C=O) groups is 1. The molecule has 0 bridgehead atoms. The van der Waals surface area contributed by atoms with Gasteiger partial charge in [0.25, 0.3) is 0 Å². The molecule has 0 aliphatic rings. The molecule has 0 aliphatic carbocycles. The highest BCUT2D eigenvalue weighted by atomic mass is 79.9. The van der Waals surface area contributed by atoms with Crippen LogP contribution >= 0.6 is 27.7 Å². The summed E-state index contributed by atoms with van der Waals surface area (Å²) in [5, 5.41) is 13.1. The van der Waals surface area contributed by atoms with Crippen LogP contribution in [0.1, 0.15) is 12.5 Å². The maximum Gasteiger partial charge on any atom is 0.234 e. The number of anilines is 1. The zero-order valence-electron chi connectivity index (χ0n) is 17.0. The SMILES string of the molecule is C=CCn1c(SCC(=O)Nc2ccc(CC)cc2)nnc1-c1cc2cc(Br)ccc2o1. The first-order valence-corrected chi connectivity index (χ1v) is 11.6. The summed E-state index contributed by atoms with van der Waals surface area (Å²) in [7, 11) is 0. The molecule has 0 unspecified atom stereocenters. The minimum Gasteiger partial charge on any atom is -0.453 e. The lowest BCUT2D eigenvalue weighted by atomic mass is 10.1. The second kappa shape index (κ2) is 9.53. The van der Waals surface area contributed by atoms with E-state index in [-0.39, 0.29) is 11.7 Å². The molecule has 0 fully saturated rings. The molecule has 0 saturated carbocycles. The molecule has 0 aliphatic heterocycles. The smallest absolute Gasteiger partial charge is 0.234 e. The first-order valence-electron chi connectivity index (χ1n) is 9.82. The van der Waals surface area contributed by atoms with E-state index >= 15 is 0 Å². The number of aromatic nitrogens is 3. The number of furan rings is 1. The van der Waals surface area contributed by atoms with Gasteiger partial charge in [0.2, 0.25) is 11.7 Å². The van der Waals surface area contributed by atoms with Gasteiger partial charge in [-0.05, 0) is 48.4 Å². The van der Waals surface area contributed by atoms with Crippen LogP contribution in [0, 0.1) is 0 Å². The summed E-state index contributed by atoms with van der Waals surface area (Å²) < 4.78 is 8.84. The number of rotatable bonds is 8. The van der Waals surface area contributed by atoms with Gasteiger partial charge in [0.05, 0.1) is 5.75 Å². The number of halogens is 1. The maximum absolute atomic E-state index is 12.4. The summed E-state index contributed by atoms with van der Waals surface area (Å²) in [6.45, 7) is 6.43. The van der Waals surface area contributed by atoms with Crippen LogP contribution in [0.4, 0.5) is 5.69 Å². The van der Waals surface area contributed by atoms with E-state index in [2.05, 4.69) is 44.9 Å². The van der Waals surface area contributed by atoms with Crippen molar-refractivity contribution in [1.82, 2.24) is 14.8 Å². The number of carbonyl (C=O) groups excluding carboxylic acids is 1. The second-order valence-electron chi connectivity index (χ2n) is 6.89. The van der Waals surface area contributed by atoms with Gasteiger partial charge in [0, 0.05) is 22.1 Å². The molecule has 2 aromatic carbocycles. The average molecular weight is 497 g/mol. The highest BCUT2D eigenvalue weighted by molar-refractivity contribution is 9.10. The van der Waals surface area contributed by atoms with Crippen molar-refractivity contribution in [3.05, 3.63) is 71.2 Å². The average Bonchev–Trinajstić information content (AvgIpc) is 3.36. The van der Waals surface area contributed by atoms with Gasteiger partial charge in [-0.1, -0.05) is 52.8 Å². The van der Waals surface area contributed by atoms with Gasteiger partial charge in [-0.15, -0.1) is 16.8 Å². The summed E-state index contributed by atoms with van der Waals surface area (Å²) in [4.78, 5) is 12.4. The van der Waals surface area contributed by atoms with Crippen LogP contribution in [-0.2, 0) is 17.8 Å². The number of allylic oxidation sites excluding steroid dienone is 1. The lowest BCUT2D eigenvalue weighted by molar-refractivity contribution is -0.113. The Morgan fingerprint density at radius 3 is 2.77 bits per heavy atom. The molecule has 0 spiro atoms. The summed E-state index contributed by atoms with van der Waals surface area (Å²) in [5.41, 5.74) is 2.79. The van der Waals surface area contributed by atoms with Crippen molar-refractivity contribution in [3.8, 4) is 11.6 Å². The summed E-state index contributed by atoms with van der Waals surface area (Å²) in [6.07, 6.45) is 2.74. The van der Waals surface area contributed by atoms with Crippen molar-refractivity contribution in [2.24, 2.45) is 0 Å². The molecule has 4 aromatic rings.